The molecule has 2 aromatic rings. The van der Waals surface area contributed by atoms with E-state index in [4.69, 9.17) is 0 Å². The van der Waals surface area contributed by atoms with E-state index in [-0.39, 0.29) is 16.2 Å². The first-order valence-electron chi connectivity index (χ1n) is 8.25. The molecule has 6 heteroatoms. The molecule has 2 aliphatic rings. The van der Waals surface area contributed by atoms with E-state index in [0.717, 1.165) is 43.9 Å². The minimum atomic E-state index is -0.371. The number of hydrogen-bond acceptors (Lipinski definition) is 4. The molecule has 0 spiro atoms. The second-order valence-corrected chi connectivity index (χ2v) is 6.82. The van der Waals surface area contributed by atoms with Gasteiger partial charge in [-0.25, -0.2) is 0 Å². The maximum atomic E-state index is 12.0. The molecule has 0 N–H and O–H groups in total. The van der Waals surface area contributed by atoms with Gasteiger partial charge in [0.05, 0.1) is 4.92 Å². The molecule has 1 aromatic heterocycles. The smallest absolute Gasteiger partial charge is 0.269 e. The number of rotatable bonds is 3. The number of fused-ring (bicyclic) bond motifs is 4. The maximum absolute atomic E-state index is 12.0. The average molecular weight is 325 g/mol. The van der Waals surface area contributed by atoms with Crippen LogP contribution in [0, 0.1) is 16.0 Å². The fourth-order valence-electron chi connectivity index (χ4n) is 4.11. The Morgan fingerprint density at radius 2 is 1.88 bits per heavy atom. The molecular formula is C18H19N3O3. The molecule has 0 saturated carbocycles. The van der Waals surface area contributed by atoms with Crippen LogP contribution in [0.1, 0.15) is 23.6 Å². The highest BCUT2D eigenvalue weighted by atomic mass is 16.6. The molecule has 2 atom stereocenters. The van der Waals surface area contributed by atoms with Gasteiger partial charge < -0.3 is 4.57 Å². The van der Waals surface area contributed by atoms with Gasteiger partial charge in [0.15, 0.2) is 0 Å². The van der Waals surface area contributed by atoms with Crippen LogP contribution in [0.5, 0.6) is 0 Å². The summed E-state index contributed by atoms with van der Waals surface area (Å²) in [6, 6.07) is 12.4. The van der Waals surface area contributed by atoms with E-state index >= 15 is 0 Å². The first kappa shape index (κ1) is 15.1. The van der Waals surface area contributed by atoms with Gasteiger partial charge in [-0.15, -0.1) is 0 Å². The van der Waals surface area contributed by atoms with E-state index in [0.29, 0.717) is 11.8 Å². The Hall–Kier alpha value is -2.47. The Balaban J connectivity index is 1.52. The minimum absolute atomic E-state index is 0.103. The van der Waals surface area contributed by atoms with Crippen LogP contribution >= 0.6 is 0 Å². The summed E-state index contributed by atoms with van der Waals surface area (Å²) in [4.78, 5) is 24.8. The average Bonchev–Trinajstić information content (AvgIpc) is 2.56. The van der Waals surface area contributed by atoms with Crippen LogP contribution in [-0.2, 0) is 13.1 Å². The second kappa shape index (κ2) is 5.87. The normalized spacial score (nSPS) is 22.8. The summed E-state index contributed by atoms with van der Waals surface area (Å²) in [5.74, 6) is 0.888. The molecule has 24 heavy (non-hydrogen) atoms. The number of nitro groups is 1. The lowest BCUT2D eigenvalue weighted by molar-refractivity contribution is -0.384. The van der Waals surface area contributed by atoms with Crippen molar-refractivity contribution in [2.75, 3.05) is 13.1 Å². The van der Waals surface area contributed by atoms with Crippen LogP contribution < -0.4 is 5.56 Å². The first-order valence-corrected chi connectivity index (χ1v) is 8.25. The number of benzene rings is 1. The molecule has 0 aliphatic carbocycles. The summed E-state index contributed by atoms with van der Waals surface area (Å²) in [5.41, 5.74) is 2.46. The van der Waals surface area contributed by atoms with Crippen LogP contribution in [0.2, 0.25) is 0 Å². The van der Waals surface area contributed by atoms with Crippen LogP contribution in [0.25, 0.3) is 0 Å². The zero-order valence-electron chi connectivity index (χ0n) is 13.3. The maximum Gasteiger partial charge on any atom is 0.269 e. The number of hydrogen-bond donors (Lipinski definition) is 0. The lowest BCUT2D eigenvalue weighted by Gasteiger charge is -2.42. The number of non-ortho nitro benzene ring substituents is 1. The molecule has 0 amide bonds. The highest BCUT2D eigenvalue weighted by Crippen LogP contribution is 2.35. The van der Waals surface area contributed by atoms with Crippen molar-refractivity contribution in [3.63, 3.8) is 0 Å². The number of piperidine rings is 1. The second-order valence-electron chi connectivity index (χ2n) is 6.82. The van der Waals surface area contributed by atoms with Crippen molar-refractivity contribution < 1.29 is 4.92 Å². The van der Waals surface area contributed by atoms with Crippen LogP contribution in [-0.4, -0.2) is 27.5 Å². The zero-order valence-corrected chi connectivity index (χ0v) is 13.3. The number of nitro benzene ring substituents is 1. The molecule has 3 heterocycles. The van der Waals surface area contributed by atoms with Gasteiger partial charge in [0.1, 0.15) is 0 Å². The summed E-state index contributed by atoms with van der Waals surface area (Å²) in [7, 11) is 0. The lowest BCUT2D eigenvalue weighted by Crippen LogP contribution is -2.46. The predicted molar refractivity (Wildman–Crippen MR) is 89.9 cm³/mol. The van der Waals surface area contributed by atoms with E-state index in [1.54, 1.807) is 18.2 Å². The molecule has 1 saturated heterocycles. The van der Waals surface area contributed by atoms with Crippen molar-refractivity contribution in [3.8, 4) is 0 Å². The van der Waals surface area contributed by atoms with Gasteiger partial charge in [0.2, 0.25) is 0 Å². The van der Waals surface area contributed by atoms with Crippen molar-refractivity contribution in [1.82, 2.24) is 9.47 Å². The fourth-order valence-corrected chi connectivity index (χ4v) is 4.11. The van der Waals surface area contributed by atoms with E-state index in [1.165, 1.54) is 0 Å². The fraction of sp³-hybridized carbons (Fsp3) is 0.389. The molecule has 0 unspecified atom stereocenters. The quantitative estimate of drug-likeness (QED) is 0.642. The van der Waals surface area contributed by atoms with E-state index in [9.17, 15) is 14.9 Å². The monoisotopic (exact) mass is 325 g/mol. The van der Waals surface area contributed by atoms with E-state index < -0.39 is 0 Å². The standard InChI is InChI=1S/C18H19N3O3/c22-18-3-1-2-17-15-8-14(11-20(17)18)10-19(12-15)9-13-4-6-16(7-5-13)21(23)24/h1-7,14-15H,8-12H2/t14-,15-/m0/s1. The summed E-state index contributed by atoms with van der Waals surface area (Å²) >= 11 is 0. The van der Waals surface area contributed by atoms with Gasteiger partial charge >= 0.3 is 0 Å². The van der Waals surface area contributed by atoms with E-state index in [2.05, 4.69) is 11.0 Å². The Morgan fingerprint density at radius 3 is 2.62 bits per heavy atom. The topological polar surface area (TPSA) is 68.4 Å². The molecular weight excluding hydrogens is 306 g/mol. The predicted octanol–water partition coefficient (Wildman–Crippen LogP) is 2.38. The molecule has 124 valence electrons. The van der Waals surface area contributed by atoms with Gasteiger partial charge in [0, 0.05) is 56.0 Å². The van der Waals surface area contributed by atoms with Crippen LogP contribution in [0.4, 0.5) is 5.69 Å². The van der Waals surface area contributed by atoms with Gasteiger partial charge in [-0.3, -0.25) is 19.8 Å². The Bertz CT molecular complexity index is 828. The van der Waals surface area contributed by atoms with Gasteiger partial charge in [-0.1, -0.05) is 18.2 Å². The third-order valence-corrected chi connectivity index (χ3v) is 5.11. The van der Waals surface area contributed by atoms with Gasteiger partial charge in [-0.2, -0.15) is 0 Å². The number of aromatic nitrogens is 1. The summed E-state index contributed by atoms with van der Waals surface area (Å²) in [6.07, 6.45) is 1.14. The summed E-state index contributed by atoms with van der Waals surface area (Å²) < 4.78 is 1.93. The molecule has 6 nitrogen and oxygen atoms in total. The Kier molecular flexibility index (Phi) is 3.69. The summed E-state index contributed by atoms with van der Waals surface area (Å²) in [6.45, 7) is 3.48. The molecule has 1 fully saturated rings. The third kappa shape index (κ3) is 2.73. The largest absolute Gasteiger partial charge is 0.312 e. The highest BCUT2D eigenvalue weighted by Gasteiger charge is 2.34. The Labute approximate surface area is 139 Å². The zero-order chi connectivity index (χ0) is 16.7. The minimum Gasteiger partial charge on any atom is -0.312 e. The van der Waals surface area contributed by atoms with Gasteiger partial charge in [-0.05, 0) is 24.0 Å². The molecule has 4 rings (SSSR count). The van der Waals surface area contributed by atoms with Gasteiger partial charge in [0.25, 0.3) is 11.2 Å². The number of likely N-dealkylation sites (tertiary alicyclic amines) is 1. The van der Waals surface area contributed by atoms with Crippen molar-refractivity contribution >= 4 is 5.69 Å². The van der Waals surface area contributed by atoms with Crippen LogP contribution in [0.3, 0.4) is 0 Å². The first-order chi connectivity index (χ1) is 11.6. The van der Waals surface area contributed by atoms with Crippen molar-refractivity contribution in [3.05, 3.63) is 74.2 Å². The SMILES string of the molecule is O=c1cccc2n1C[C@H]1C[C@H]2CN(Cc2ccc([N+](=O)[O-])cc2)C1. The van der Waals surface area contributed by atoms with Crippen molar-refractivity contribution in [2.24, 2.45) is 5.92 Å². The summed E-state index contributed by atoms with van der Waals surface area (Å²) in [5, 5.41) is 10.7. The van der Waals surface area contributed by atoms with Crippen molar-refractivity contribution in [1.29, 1.82) is 0 Å². The molecule has 2 bridgehead atoms. The van der Waals surface area contributed by atoms with Crippen molar-refractivity contribution in [2.45, 2.75) is 25.4 Å². The number of pyridine rings is 1. The highest BCUT2D eigenvalue weighted by molar-refractivity contribution is 5.33. The van der Waals surface area contributed by atoms with Crippen LogP contribution in [0.15, 0.2) is 47.3 Å². The number of nitrogens with zero attached hydrogens (tertiary/aromatic N) is 3. The third-order valence-electron chi connectivity index (χ3n) is 5.11. The molecule has 2 aliphatic heterocycles. The molecule has 1 aromatic carbocycles. The lowest BCUT2D eigenvalue weighted by atomic mass is 9.83. The Morgan fingerprint density at radius 1 is 1.08 bits per heavy atom. The molecule has 0 radical (unpaired) electrons. The van der Waals surface area contributed by atoms with E-state index in [1.807, 2.05) is 22.8 Å².